The van der Waals surface area contributed by atoms with Gasteiger partial charge < -0.3 is 5.32 Å². The molecule has 70 valence electrons. The van der Waals surface area contributed by atoms with Gasteiger partial charge in [-0.3, -0.25) is 0 Å². The molecule has 0 heterocycles. The first-order valence-corrected chi connectivity index (χ1v) is 5.09. The van der Waals surface area contributed by atoms with E-state index in [9.17, 15) is 0 Å². The van der Waals surface area contributed by atoms with Gasteiger partial charge in [-0.1, -0.05) is 12.1 Å². The molecule has 1 fully saturated rings. The molecule has 1 aromatic carbocycles. The number of aryl methyl sites for hydroxylation is 1. The summed E-state index contributed by atoms with van der Waals surface area (Å²) < 4.78 is 0. The average Bonchev–Trinajstić information content (AvgIpc) is 2.85. The highest BCUT2D eigenvalue weighted by molar-refractivity contribution is 5.46. The first-order valence-electron chi connectivity index (χ1n) is 5.09. The van der Waals surface area contributed by atoms with Gasteiger partial charge in [0.1, 0.15) is 0 Å². The van der Waals surface area contributed by atoms with E-state index >= 15 is 0 Å². The van der Waals surface area contributed by atoms with E-state index in [2.05, 4.69) is 43.4 Å². The van der Waals surface area contributed by atoms with Crippen molar-refractivity contribution in [2.45, 2.75) is 32.7 Å². The zero-order valence-corrected chi connectivity index (χ0v) is 8.38. The predicted molar refractivity (Wildman–Crippen MR) is 57.0 cm³/mol. The van der Waals surface area contributed by atoms with Crippen LogP contribution < -0.4 is 5.32 Å². The molecule has 1 nitrogen and oxygen atoms in total. The third kappa shape index (κ3) is 2.24. The van der Waals surface area contributed by atoms with E-state index in [1.54, 1.807) is 0 Å². The summed E-state index contributed by atoms with van der Waals surface area (Å²) in [6, 6.07) is 9.23. The largest absolute Gasteiger partial charge is 0.382 e. The van der Waals surface area contributed by atoms with E-state index in [1.165, 1.54) is 24.1 Å². The molecule has 0 unspecified atom stereocenters. The molecule has 1 heteroatoms. The lowest BCUT2D eigenvalue weighted by atomic mass is 10.2. The summed E-state index contributed by atoms with van der Waals surface area (Å²) in [7, 11) is 0. The van der Waals surface area contributed by atoms with Gasteiger partial charge in [0.15, 0.2) is 0 Å². The van der Waals surface area contributed by atoms with Crippen molar-refractivity contribution in [2.75, 3.05) is 5.32 Å². The fraction of sp³-hybridized carbons (Fsp3) is 0.500. The molecule has 0 spiro atoms. The van der Waals surface area contributed by atoms with Crippen molar-refractivity contribution in [3.8, 4) is 0 Å². The van der Waals surface area contributed by atoms with Crippen LogP contribution in [0.4, 0.5) is 5.69 Å². The standard InChI is InChI=1S/C12H17N/c1-9-4-3-5-12(8-9)13-10(2)11-6-7-11/h3-5,8,10-11,13H,6-7H2,1-2H3/t10-/m1/s1. The summed E-state index contributed by atoms with van der Waals surface area (Å²) in [6.45, 7) is 4.41. The minimum absolute atomic E-state index is 0.641. The van der Waals surface area contributed by atoms with Crippen LogP contribution in [0.5, 0.6) is 0 Å². The van der Waals surface area contributed by atoms with Gasteiger partial charge in [0.25, 0.3) is 0 Å². The third-order valence-corrected chi connectivity index (χ3v) is 2.74. The monoisotopic (exact) mass is 175 g/mol. The van der Waals surface area contributed by atoms with Crippen molar-refractivity contribution in [3.05, 3.63) is 29.8 Å². The molecule has 0 amide bonds. The van der Waals surface area contributed by atoms with Gasteiger partial charge in [-0.2, -0.15) is 0 Å². The van der Waals surface area contributed by atoms with E-state index in [0.717, 1.165) is 5.92 Å². The average molecular weight is 175 g/mol. The maximum atomic E-state index is 3.54. The second kappa shape index (κ2) is 3.41. The van der Waals surface area contributed by atoms with E-state index in [0.29, 0.717) is 6.04 Å². The molecule has 0 radical (unpaired) electrons. The van der Waals surface area contributed by atoms with Crippen molar-refractivity contribution >= 4 is 5.69 Å². The van der Waals surface area contributed by atoms with Crippen LogP contribution in [0.3, 0.4) is 0 Å². The molecule has 13 heavy (non-hydrogen) atoms. The van der Waals surface area contributed by atoms with Crippen LogP contribution in [0.1, 0.15) is 25.3 Å². The second-order valence-corrected chi connectivity index (χ2v) is 4.14. The Bertz CT molecular complexity index is 289. The molecular weight excluding hydrogens is 158 g/mol. The minimum Gasteiger partial charge on any atom is -0.382 e. The van der Waals surface area contributed by atoms with E-state index in [1.807, 2.05) is 0 Å². The van der Waals surface area contributed by atoms with Crippen LogP contribution in [-0.2, 0) is 0 Å². The maximum Gasteiger partial charge on any atom is 0.0344 e. The van der Waals surface area contributed by atoms with E-state index in [-0.39, 0.29) is 0 Å². The van der Waals surface area contributed by atoms with Crippen LogP contribution in [-0.4, -0.2) is 6.04 Å². The fourth-order valence-corrected chi connectivity index (χ4v) is 1.71. The Balaban J connectivity index is 2.00. The summed E-state index contributed by atoms with van der Waals surface area (Å²) in [5.74, 6) is 0.917. The predicted octanol–water partition coefficient (Wildman–Crippen LogP) is 3.21. The molecule has 1 atom stereocenters. The molecule has 0 bridgehead atoms. The molecule has 0 aromatic heterocycles. The highest BCUT2D eigenvalue weighted by atomic mass is 14.9. The van der Waals surface area contributed by atoms with Crippen molar-refractivity contribution in [2.24, 2.45) is 5.92 Å². The molecule has 1 N–H and O–H groups in total. The Labute approximate surface area is 80.2 Å². The lowest BCUT2D eigenvalue weighted by molar-refractivity contribution is 0.694. The van der Waals surface area contributed by atoms with Gasteiger partial charge in [0.2, 0.25) is 0 Å². The molecule has 0 aliphatic heterocycles. The summed E-state index contributed by atoms with van der Waals surface area (Å²) in [5, 5.41) is 3.54. The number of nitrogens with one attached hydrogen (secondary N) is 1. The van der Waals surface area contributed by atoms with Gasteiger partial charge in [0, 0.05) is 11.7 Å². The molecular formula is C12H17N. The Morgan fingerprint density at radius 3 is 2.77 bits per heavy atom. The number of hydrogen-bond donors (Lipinski definition) is 1. The SMILES string of the molecule is Cc1cccc(N[C@H](C)C2CC2)c1. The fourth-order valence-electron chi connectivity index (χ4n) is 1.71. The summed E-state index contributed by atoms with van der Waals surface area (Å²) in [4.78, 5) is 0. The van der Waals surface area contributed by atoms with Gasteiger partial charge in [-0.05, 0) is 50.3 Å². The molecule has 2 rings (SSSR count). The highest BCUT2D eigenvalue weighted by Crippen LogP contribution is 2.33. The molecule has 1 aliphatic rings. The lowest BCUT2D eigenvalue weighted by Crippen LogP contribution is -2.17. The van der Waals surface area contributed by atoms with Gasteiger partial charge >= 0.3 is 0 Å². The minimum atomic E-state index is 0.641. The highest BCUT2D eigenvalue weighted by Gasteiger charge is 2.27. The third-order valence-electron chi connectivity index (χ3n) is 2.74. The van der Waals surface area contributed by atoms with Gasteiger partial charge in [-0.15, -0.1) is 0 Å². The molecule has 1 aromatic rings. The lowest BCUT2D eigenvalue weighted by Gasteiger charge is -2.14. The van der Waals surface area contributed by atoms with Crippen molar-refractivity contribution in [1.29, 1.82) is 0 Å². The number of anilines is 1. The van der Waals surface area contributed by atoms with Crippen LogP contribution in [0, 0.1) is 12.8 Å². The van der Waals surface area contributed by atoms with E-state index in [4.69, 9.17) is 0 Å². The maximum absolute atomic E-state index is 3.54. The smallest absolute Gasteiger partial charge is 0.0344 e. The quantitative estimate of drug-likeness (QED) is 0.743. The first-order chi connectivity index (χ1) is 6.25. The zero-order valence-electron chi connectivity index (χ0n) is 8.38. The topological polar surface area (TPSA) is 12.0 Å². The summed E-state index contributed by atoms with van der Waals surface area (Å²) in [5.41, 5.74) is 2.59. The molecule has 1 saturated carbocycles. The van der Waals surface area contributed by atoms with Crippen molar-refractivity contribution < 1.29 is 0 Å². The number of rotatable bonds is 3. The van der Waals surface area contributed by atoms with Crippen LogP contribution in [0.2, 0.25) is 0 Å². The van der Waals surface area contributed by atoms with Crippen molar-refractivity contribution in [1.82, 2.24) is 0 Å². The molecule has 0 saturated heterocycles. The Hall–Kier alpha value is -0.980. The zero-order chi connectivity index (χ0) is 9.26. The van der Waals surface area contributed by atoms with Gasteiger partial charge in [-0.25, -0.2) is 0 Å². The number of hydrogen-bond acceptors (Lipinski definition) is 1. The van der Waals surface area contributed by atoms with Crippen LogP contribution in [0.15, 0.2) is 24.3 Å². The first kappa shape index (κ1) is 8.61. The van der Waals surface area contributed by atoms with Gasteiger partial charge in [0.05, 0.1) is 0 Å². The summed E-state index contributed by atoms with van der Waals surface area (Å²) in [6.07, 6.45) is 2.81. The number of benzene rings is 1. The Morgan fingerprint density at radius 2 is 2.15 bits per heavy atom. The normalized spacial score (nSPS) is 18.3. The second-order valence-electron chi connectivity index (χ2n) is 4.14. The molecule has 1 aliphatic carbocycles. The van der Waals surface area contributed by atoms with Crippen molar-refractivity contribution in [3.63, 3.8) is 0 Å². The van der Waals surface area contributed by atoms with Crippen LogP contribution >= 0.6 is 0 Å². The Morgan fingerprint density at radius 1 is 1.38 bits per heavy atom. The Kier molecular flexibility index (Phi) is 2.26. The van der Waals surface area contributed by atoms with Crippen LogP contribution in [0.25, 0.3) is 0 Å². The van der Waals surface area contributed by atoms with E-state index < -0.39 is 0 Å². The summed E-state index contributed by atoms with van der Waals surface area (Å²) >= 11 is 0.